The molecule has 0 aromatic carbocycles. The maximum absolute atomic E-state index is 12.6. The highest BCUT2D eigenvalue weighted by Crippen LogP contribution is 2.43. The number of esters is 2. The Morgan fingerprint density at radius 2 is 1.04 bits per heavy atom. The summed E-state index contributed by atoms with van der Waals surface area (Å²) in [6, 6.07) is 0. The van der Waals surface area contributed by atoms with Gasteiger partial charge in [0.05, 0.1) is 27.7 Å². The minimum atomic E-state index is -4.38. The van der Waals surface area contributed by atoms with Gasteiger partial charge in [0.1, 0.15) is 19.8 Å². The van der Waals surface area contributed by atoms with Crippen molar-refractivity contribution in [3.8, 4) is 0 Å². The van der Waals surface area contributed by atoms with Crippen molar-refractivity contribution < 1.29 is 42.1 Å². The molecule has 0 saturated heterocycles. The molecule has 0 aromatic rings. The van der Waals surface area contributed by atoms with Crippen LogP contribution in [-0.2, 0) is 32.7 Å². The number of phosphoric acid groups is 1. The minimum absolute atomic E-state index is 0.0226. The average Bonchev–Trinajstić information content (AvgIpc) is 3.10. The number of rotatable bonds is 37. The summed E-state index contributed by atoms with van der Waals surface area (Å²) in [6.45, 7) is 4.30. The number of hydrogen-bond donors (Lipinski definition) is 1. The van der Waals surface area contributed by atoms with Crippen molar-refractivity contribution in [2.24, 2.45) is 0 Å². The fourth-order valence-corrected chi connectivity index (χ4v) is 6.04. The zero-order valence-corrected chi connectivity index (χ0v) is 35.4. The molecular weight excluding hydrogens is 689 g/mol. The Balaban J connectivity index is 4.38. The zero-order chi connectivity index (χ0) is 39.3. The molecule has 2 atom stereocenters. The first-order valence-corrected chi connectivity index (χ1v) is 22.4. The van der Waals surface area contributed by atoms with E-state index in [9.17, 15) is 19.0 Å². The number of quaternary nitrogens is 1. The largest absolute Gasteiger partial charge is 0.472 e. The molecule has 0 rings (SSSR count). The molecule has 0 amide bonds. The van der Waals surface area contributed by atoms with Gasteiger partial charge in [-0.25, -0.2) is 4.57 Å². The van der Waals surface area contributed by atoms with E-state index in [-0.39, 0.29) is 26.1 Å². The van der Waals surface area contributed by atoms with Crippen LogP contribution in [0, 0.1) is 0 Å². The van der Waals surface area contributed by atoms with Crippen LogP contribution in [0.1, 0.15) is 162 Å². The van der Waals surface area contributed by atoms with E-state index < -0.39 is 32.5 Å². The Labute approximate surface area is 324 Å². The van der Waals surface area contributed by atoms with E-state index in [1.807, 2.05) is 21.1 Å². The van der Waals surface area contributed by atoms with Crippen LogP contribution in [0.15, 0.2) is 48.6 Å². The van der Waals surface area contributed by atoms with Crippen LogP contribution in [-0.4, -0.2) is 74.9 Å². The van der Waals surface area contributed by atoms with E-state index >= 15 is 0 Å². The lowest BCUT2D eigenvalue weighted by Gasteiger charge is -2.24. The highest BCUT2D eigenvalue weighted by Gasteiger charge is 2.27. The Hall–Kier alpha value is -2.03. The maximum atomic E-state index is 12.6. The minimum Gasteiger partial charge on any atom is -0.462 e. The summed E-state index contributed by atoms with van der Waals surface area (Å²) in [5.74, 6) is -0.871. The monoisotopic (exact) mass is 769 g/mol. The number of unbranched alkanes of at least 4 members (excludes halogenated alkanes) is 15. The summed E-state index contributed by atoms with van der Waals surface area (Å²) in [5, 5.41) is 0. The molecule has 0 fully saturated rings. The Morgan fingerprint density at radius 3 is 1.57 bits per heavy atom. The van der Waals surface area contributed by atoms with Crippen LogP contribution in [0.25, 0.3) is 0 Å². The van der Waals surface area contributed by atoms with E-state index in [1.165, 1.54) is 77.0 Å². The number of carbonyl (C=O) groups excluding carboxylic acids is 2. The Morgan fingerprint density at radius 1 is 0.585 bits per heavy atom. The van der Waals surface area contributed by atoms with Gasteiger partial charge in [-0.05, 0) is 51.4 Å². The molecule has 53 heavy (non-hydrogen) atoms. The standard InChI is InChI=1S/C43H78NO8P/c1-6-8-10-12-14-16-17-18-19-20-21-22-23-24-25-26-27-28-30-31-33-35-42(45)49-39-41(40-51-53(47,48)50-38-37-44(3,4)5)52-43(46)36-34-32-29-15-13-11-9-7-2/h19-20,22-23,25-26,28,30,41H,6-18,21,24,27,29,31-40H2,1-5H3/p+1/b20-19+,23-22+,26-25+,30-28+/t41-/m0/s1. The number of nitrogens with zero attached hydrogens (tertiary/aromatic N) is 1. The van der Waals surface area contributed by atoms with Crippen molar-refractivity contribution in [3.63, 3.8) is 0 Å². The number of ether oxygens (including phenoxy) is 2. The van der Waals surface area contributed by atoms with Gasteiger partial charge in [-0.15, -0.1) is 0 Å². The molecule has 0 aliphatic carbocycles. The second-order valence-corrected chi connectivity index (χ2v) is 16.5. The average molecular weight is 769 g/mol. The quantitative estimate of drug-likeness (QED) is 0.0219. The molecular formula is C43H79NO8P+. The Kier molecular flexibility index (Phi) is 34.3. The van der Waals surface area contributed by atoms with Crippen LogP contribution in [0.3, 0.4) is 0 Å². The molecule has 0 aliphatic heterocycles. The third kappa shape index (κ3) is 39.5. The van der Waals surface area contributed by atoms with Crippen molar-refractivity contribution in [1.82, 2.24) is 0 Å². The number of allylic oxidation sites excluding steroid dienone is 8. The van der Waals surface area contributed by atoms with E-state index in [2.05, 4.69) is 62.5 Å². The van der Waals surface area contributed by atoms with Gasteiger partial charge < -0.3 is 18.9 Å². The molecule has 0 saturated carbocycles. The molecule has 10 heteroatoms. The lowest BCUT2D eigenvalue weighted by atomic mass is 10.1. The van der Waals surface area contributed by atoms with E-state index in [0.29, 0.717) is 23.9 Å². The number of carbonyl (C=O) groups is 2. The summed E-state index contributed by atoms with van der Waals surface area (Å²) >= 11 is 0. The van der Waals surface area contributed by atoms with Gasteiger partial charge in [0, 0.05) is 12.8 Å². The van der Waals surface area contributed by atoms with Crippen molar-refractivity contribution in [1.29, 1.82) is 0 Å². The number of hydrogen-bond acceptors (Lipinski definition) is 7. The molecule has 0 bridgehead atoms. The summed E-state index contributed by atoms with van der Waals surface area (Å²) in [5.41, 5.74) is 0. The SMILES string of the molecule is CCCCCCCCC/C=C/C/C=C/C/C=C/C/C=C/CCCC(=O)OC[C@@H](COP(=O)(O)OCC[N+](C)(C)C)OC(=O)CCCCCCCCCC. The highest BCUT2D eigenvalue weighted by molar-refractivity contribution is 7.47. The summed E-state index contributed by atoms with van der Waals surface area (Å²) in [6.07, 6.45) is 40.4. The first-order valence-electron chi connectivity index (χ1n) is 20.9. The number of likely N-dealkylation sites (N-methyl/N-ethyl adjacent to an activating group) is 1. The molecule has 0 heterocycles. The summed E-state index contributed by atoms with van der Waals surface area (Å²) in [4.78, 5) is 35.1. The third-order valence-corrected chi connectivity index (χ3v) is 9.60. The van der Waals surface area contributed by atoms with Gasteiger partial charge in [0.25, 0.3) is 0 Å². The highest BCUT2D eigenvalue weighted by atomic mass is 31.2. The smallest absolute Gasteiger partial charge is 0.462 e. The van der Waals surface area contributed by atoms with Crippen molar-refractivity contribution in [2.75, 3.05) is 47.5 Å². The van der Waals surface area contributed by atoms with E-state index in [0.717, 1.165) is 44.9 Å². The lowest BCUT2D eigenvalue weighted by molar-refractivity contribution is -0.870. The molecule has 0 spiro atoms. The second kappa shape index (κ2) is 35.7. The predicted molar refractivity (Wildman–Crippen MR) is 220 cm³/mol. The van der Waals surface area contributed by atoms with Gasteiger partial charge in [0.15, 0.2) is 6.10 Å². The summed E-state index contributed by atoms with van der Waals surface area (Å²) in [7, 11) is 1.44. The maximum Gasteiger partial charge on any atom is 0.472 e. The molecule has 0 aliphatic rings. The zero-order valence-electron chi connectivity index (χ0n) is 34.5. The fraction of sp³-hybridized carbons (Fsp3) is 0.767. The van der Waals surface area contributed by atoms with Crippen LogP contribution in [0.4, 0.5) is 0 Å². The van der Waals surface area contributed by atoms with Crippen LogP contribution in [0.5, 0.6) is 0 Å². The van der Waals surface area contributed by atoms with Gasteiger partial charge in [-0.2, -0.15) is 0 Å². The predicted octanol–water partition coefficient (Wildman–Crippen LogP) is 11.5. The van der Waals surface area contributed by atoms with E-state index in [4.69, 9.17) is 18.5 Å². The van der Waals surface area contributed by atoms with E-state index in [1.54, 1.807) is 0 Å². The summed E-state index contributed by atoms with van der Waals surface area (Å²) < 4.78 is 34.1. The molecule has 1 N–H and O–H groups in total. The molecule has 0 aromatic heterocycles. The lowest BCUT2D eigenvalue weighted by Crippen LogP contribution is -2.37. The Bertz CT molecular complexity index is 1050. The first-order chi connectivity index (χ1) is 25.5. The molecule has 308 valence electrons. The van der Waals surface area contributed by atoms with Crippen LogP contribution < -0.4 is 0 Å². The number of phosphoric ester groups is 1. The molecule has 1 unspecified atom stereocenters. The van der Waals surface area contributed by atoms with Gasteiger partial charge >= 0.3 is 19.8 Å². The second-order valence-electron chi connectivity index (χ2n) is 15.0. The molecule has 9 nitrogen and oxygen atoms in total. The third-order valence-electron chi connectivity index (χ3n) is 8.61. The van der Waals surface area contributed by atoms with Gasteiger partial charge in [-0.3, -0.25) is 18.6 Å². The van der Waals surface area contributed by atoms with Crippen molar-refractivity contribution >= 4 is 19.8 Å². The van der Waals surface area contributed by atoms with Gasteiger partial charge in [0.2, 0.25) is 0 Å². The van der Waals surface area contributed by atoms with Crippen molar-refractivity contribution in [3.05, 3.63) is 48.6 Å². The van der Waals surface area contributed by atoms with Crippen molar-refractivity contribution in [2.45, 2.75) is 168 Å². The van der Waals surface area contributed by atoms with Crippen LogP contribution in [0.2, 0.25) is 0 Å². The van der Waals surface area contributed by atoms with Gasteiger partial charge in [-0.1, -0.05) is 146 Å². The first kappa shape index (κ1) is 51.0. The molecule has 0 radical (unpaired) electrons. The topological polar surface area (TPSA) is 108 Å². The fourth-order valence-electron chi connectivity index (χ4n) is 5.30. The van der Waals surface area contributed by atoms with Crippen LogP contribution >= 0.6 is 7.82 Å². The normalized spacial score (nSPS) is 14.2.